The van der Waals surface area contributed by atoms with Gasteiger partial charge in [0, 0.05) is 11.9 Å². The van der Waals surface area contributed by atoms with Gasteiger partial charge in [0.15, 0.2) is 11.5 Å². The summed E-state index contributed by atoms with van der Waals surface area (Å²) in [6, 6.07) is 5.29. The van der Waals surface area contributed by atoms with Crippen LogP contribution in [0.1, 0.15) is 25.0 Å². The van der Waals surface area contributed by atoms with E-state index in [-0.39, 0.29) is 0 Å². The molecule has 6 nitrogen and oxygen atoms in total. The summed E-state index contributed by atoms with van der Waals surface area (Å²) in [5.74, 6) is 0.579. The van der Waals surface area contributed by atoms with Crippen LogP contribution in [0, 0.1) is 0 Å². The Labute approximate surface area is 151 Å². The number of rotatable bonds is 6. The molecule has 1 aliphatic heterocycles. The number of ether oxygens (including phenoxy) is 2. The van der Waals surface area contributed by atoms with E-state index in [1.54, 1.807) is 14.2 Å². The number of nitrogens with zero attached hydrogens (tertiary/aromatic N) is 2. The van der Waals surface area contributed by atoms with Crippen LogP contribution in [0.2, 0.25) is 0 Å². The van der Waals surface area contributed by atoms with E-state index in [0.29, 0.717) is 24.5 Å². The molecule has 1 fully saturated rings. The largest absolute Gasteiger partial charge is 0.493 e. The van der Waals surface area contributed by atoms with Gasteiger partial charge in [-0.05, 0) is 31.5 Å². The molecule has 1 unspecified atom stereocenters. The summed E-state index contributed by atoms with van der Waals surface area (Å²) < 4.78 is 10.8. The molecule has 0 radical (unpaired) electrons. The number of benzene rings is 1. The molecule has 1 N–H and O–H groups in total. The number of likely N-dealkylation sites (tertiary alicyclic amines) is 1. The number of hydrogen-bond acceptors (Lipinski definition) is 6. The Morgan fingerprint density at radius 2 is 2.20 bits per heavy atom. The molecule has 1 aromatic carbocycles. The van der Waals surface area contributed by atoms with Crippen LogP contribution in [0.4, 0.5) is 0 Å². The second-order valence-corrected chi connectivity index (χ2v) is 6.86. The van der Waals surface area contributed by atoms with E-state index in [1.165, 1.54) is 11.3 Å². The van der Waals surface area contributed by atoms with Crippen LogP contribution < -0.4 is 9.47 Å². The predicted octanol–water partition coefficient (Wildman–Crippen LogP) is 3.27. The van der Waals surface area contributed by atoms with Crippen molar-refractivity contribution < 1.29 is 19.4 Å². The van der Waals surface area contributed by atoms with Crippen LogP contribution >= 0.6 is 11.3 Å². The van der Waals surface area contributed by atoms with Gasteiger partial charge in [-0.2, -0.15) is 0 Å². The molecule has 3 rings (SSSR count). The summed E-state index contributed by atoms with van der Waals surface area (Å²) in [7, 11) is 3.22. The molecule has 2 heterocycles. The van der Waals surface area contributed by atoms with Gasteiger partial charge in [0.1, 0.15) is 11.0 Å². The number of thiazole rings is 1. The molecule has 2 aromatic rings. The first kappa shape index (κ1) is 17.7. The highest BCUT2D eigenvalue weighted by Crippen LogP contribution is 2.39. The standard InChI is InChI=1S/C18H22N2O4S/c1-23-15-8-5-6-13(16(15)24-2)17-19-12(11-25-17)10-20-9-4-3-7-14(20)18(21)22/h5-6,8,11,14H,3-4,7,9-10H2,1-2H3,(H,21,22). The maximum Gasteiger partial charge on any atom is 0.320 e. The van der Waals surface area contributed by atoms with Gasteiger partial charge >= 0.3 is 5.97 Å². The summed E-state index contributed by atoms with van der Waals surface area (Å²) in [6.07, 6.45) is 2.71. The topological polar surface area (TPSA) is 71.9 Å². The average molecular weight is 362 g/mol. The Bertz CT molecular complexity index is 746. The predicted molar refractivity (Wildman–Crippen MR) is 96.3 cm³/mol. The third-order valence-electron chi connectivity index (χ3n) is 4.45. The molecule has 0 amide bonds. The van der Waals surface area contributed by atoms with Crippen LogP contribution in [0.15, 0.2) is 23.6 Å². The fourth-order valence-electron chi connectivity index (χ4n) is 3.23. The normalized spacial score (nSPS) is 18.1. The third kappa shape index (κ3) is 3.77. The molecule has 0 saturated carbocycles. The zero-order chi connectivity index (χ0) is 17.8. The quantitative estimate of drug-likeness (QED) is 0.850. The average Bonchev–Trinajstić information content (AvgIpc) is 3.09. The van der Waals surface area contributed by atoms with Gasteiger partial charge in [-0.3, -0.25) is 9.69 Å². The zero-order valence-electron chi connectivity index (χ0n) is 14.4. The van der Waals surface area contributed by atoms with Crippen molar-refractivity contribution in [1.29, 1.82) is 0 Å². The number of aliphatic carboxylic acids is 1. The maximum absolute atomic E-state index is 11.4. The van der Waals surface area contributed by atoms with Crippen LogP contribution in [0.5, 0.6) is 11.5 Å². The van der Waals surface area contributed by atoms with Crippen molar-refractivity contribution in [3.8, 4) is 22.1 Å². The molecule has 1 atom stereocenters. The molecule has 7 heteroatoms. The highest BCUT2D eigenvalue weighted by atomic mass is 32.1. The van der Waals surface area contributed by atoms with Gasteiger partial charge < -0.3 is 14.6 Å². The van der Waals surface area contributed by atoms with Crippen molar-refractivity contribution in [2.45, 2.75) is 31.8 Å². The van der Waals surface area contributed by atoms with E-state index in [0.717, 1.165) is 35.7 Å². The minimum Gasteiger partial charge on any atom is -0.493 e. The number of carboxylic acids is 1. The molecule has 1 aliphatic rings. The first-order valence-corrected chi connectivity index (χ1v) is 9.14. The minimum atomic E-state index is -0.746. The second kappa shape index (κ2) is 7.84. The number of piperidine rings is 1. The van der Waals surface area contributed by atoms with E-state index >= 15 is 0 Å². The van der Waals surface area contributed by atoms with Crippen molar-refractivity contribution in [3.63, 3.8) is 0 Å². The summed E-state index contributed by atoms with van der Waals surface area (Å²) in [6.45, 7) is 1.35. The van der Waals surface area contributed by atoms with Crippen LogP contribution in [-0.4, -0.2) is 47.8 Å². The van der Waals surface area contributed by atoms with Gasteiger partial charge in [-0.25, -0.2) is 4.98 Å². The number of aromatic nitrogens is 1. The first-order chi connectivity index (χ1) is 12.1. The number of carbonyl (C=O) groups is 1. The minimum absolute atomic E-state index is 0.412. The van der Waals surface area contributed by atoms with E-state index in [2.05, 4.69) is 0 Å². The zero-order valence-corrected chi connectivity index (χ0v) is 15.2. The van der Waals surface area contributed by atoms with Crippen molar-refractivity contribution >= 4 is 17.3 Å². The second-order valence-electron chi connectivity index (χ2n) is 6.01. The Kier molecular flexibility index (Phi) is 5.55. The smallest absolute Gasteiger partial charge is 0.320 e. The van der Waals surface area contributed by atoms with Gasteiger partial charge in [0.25, 0.3) is 0 Å². The van der Waals surface area contributed by atoms with E-state index in [9.17, 15) is 9.90 Å². The Hall–Kier alpha value is -2.12. The molecule has 0 bridgehead atoms. The molecule has 25 heavy (non-hydrogen) atoms. The van der Waals surface area contributed by atoms with Crippen LogP contribution in [0.25, 0.3) is 10.6 Å². The fraction of sp³-hybridized carbons (Fsp3) is 0.444. The highest BCUT2D eigenvalue weighted by Gasteiger charge is 2.28. The van der Waals surface area contributed by atoms with Gasteiger partial charge in [0.2, 0.25) is 0 Å². The fourth-order valence-corrected chi connectivity index (χ4v) is 4.06. The van der Waals surface area contributed by atoms with Gasteiger partial charge in [0.05, 0.1) is 25.5 Å². The van der Waals surface area contributed by atoms with E-state index < -0.39 is 12.0 Å². The number of carboxylic acid groups (broad SMARTS) is 1. The van der Waals surface area contributed by atoms with Crippen molar-refractivity contribution in [2.24, 2.45) is 0 Å². The number of hydrogen-bond donors (Lipinski definition) is 1. The van der Waals surface area contributed by atoms with Crippen molar-refractivity contribution in [1.82, 2.24) is 9.88 Å². The lowest BCUT2D eigenvalue weighted by molar-refractivity contribution is -0.144. The first-order valence-electron chi connectivity index (χ1n) is 8.26. The van der Waals surface area contributed by atoms with Crippen LogP contribution in [0.3, 0.4) is 0 Å². The monoisotopic (exact) mass is 362 g/mol. The summed E-state index contributed by atoms with van der Waals surface area (Å²) in [5, 5.41) is 12.2. The van der Waals surface area contributed by atoms with Gasteiger partial charge in [-0.15, -0.1) is 11.3 Å². The Morgan fingerprint density at radius 3 is 2.92 bits per heavy atom. The Morgan fingerprint density at radius 1 is 1.36 bits per heavy atom. The maximum atomic E-state index is 11.4. The van der Waals surface area contributed by atoms with Crippen molar-refractivity contribution in [2.75, 3.05) is 20.8 Å². The van der Waals surface area contributed by atoms with E-state index in [4.69, 9.17) is 14.5 Å². The summed E-state index contributed by atoms with van der Waals surface area (Å²) in [4.78, 5) is 18.2. The Balaban J connectivity index is 1.82. The van der Waals surface area contributed by atoms with Gasteiger partial charge in [-0.1, -0.05) is 12.5 Å². The van der Waals surface area contributed by atoms with Crippen molar-refractivity contribution in [3.05, 3.63) is 29.3 Å². The number of para-hydroxylation sites is 1. The lowest BCUT2D eigenvalue weighted by Crippen LogP contribution is -2.44. The van der Waals surface area contributed by atoms with E-state index in [1.807, 2.05) is 28.5 Å². The molecular formula is C18H22N2O4S. The molecule has 134 valence electrons. The molecular weight excluding hydrogens is 340 g/mol. The molecule has 1 aromatic heterocycles. The highest BCUT2D eigenvalue weighted by molar-refractivity contribution is 7.13. The molecule has 0 spiro atoms. The summed E-state index contributed by atoms with van der Waals surface area (Å²) in [5.41, 5.74) is 1.77. The number of methoxy groups -OCH3 is 2. The molecule has 1 saturated heterocycles. The van der Waals surface area contributed by atoms with Crippen LogP contribution in [-0.2, 0) is 11.3 Å². The molecule has 0 aliphatic carbocycles. The SMILES string of the molecule is COc1cccc(-c2nc(CN3CCCCC3C(=O)O)cs2)c1OC. The summed E-state index contributed by atoms with van der Waals surface area (Å²) >= 11 is 1.53. The lowest BCUT2D eigenvalue weighted by atomic mass is 10.0. The third-order valence-corrected chi connectivity index (χ3v) is 5.37. The lowest BCUT2D eigenvalue weighted by Gasteiger charge is -2.32.